The molecule has 36 heavy (non-hydrogen) atoms. The molecule has 2 heterocycles. The van der Waals surface area contributed by atoms with E-state index < -0.39 is 23.1 Å². The lowest BCUT2D eigenvalue weighted by atomic mass is 9.95. The highest BCUT2D eigenvalue weighted by molar-refractivity contribution is 5.96. The zero-order chi connectivity index (χ0) is 26.4. The van der Waals surface area contributed by atoms with Crippen LogP contribution in [0.25, 0.3) is 28.2 Å². The quantitative estimate of drug-likeness (QED) is 0.392. The van der Waals surface area contributed by atoms with E-state index in [1.165, 1.54) is 22.7 Å². The van der Waals surface area contributed by atoms with Gasteiger partial charge in [-0.15, -0.1) is 0 Å². The maximum Gasteiger partial charge on any atom is 0.417 e. The minimum atomic E-state index is -4.71. The third-order valence-electron chi connectivity index (χ3n) is 5.67. The fraction of sp³-hybridized carbons (Fsp3) is 0.231. The third kappa shape index (κ3) is 4.93. The Labute approximate surface area is 205 Å². The van der Waals surface area contributed by atoms with E-state index in [0.29, 0.717) is 22.6 Å². The van der Waals surface area contributed by atoms with E-state index in [0.717, 1.165) is 11.6 Å². The number of fused-ring (bicyclic) bond motifs is 1. The molecule has 2 aromatic heterocycles. The Balaban J connectivity index is 1.75. The topological polar surface area (TPSA) is 102 Å². The van der Waals surface area contributed by atoms with Gasteiger partial charge in [-0.3, -0.25) is 9.59 Å². The zero-order valence-electron chi connectivity index (χ0n) is 20.1. The summed E-state index contributed by atoms with van der Waals surface area (Å²) in [5, 5.41) is 7.26. The van der Waals surface area contributed by atoms with Gasteiger partial charge in [0.2, 0.25) is 11.8 Å². The number of nitrogens with one attached hydrogen (secondary N) is 1. The Morgan fingerprint density at radius 1 is 0.972 bits per heavy atom. The number of aromatic nitrogens is 3. The van der Waals surface area contributed by atoms with Gasteiger partial charge < -0.3 is 11.1 Å². The van der Waals surface area contributed by atoms with Gasteiger partial charge in [0.25, 0.3) is 0 Å². The van der Waals surface area contributed by atoms with Crippen molar-refractivity contribution in [1.82, 2.24) is 14.6 Å². The molecule has 0 atom stereocenters. The van der Waals surface area contributed by atoms with Gasteiger partial charge in [0.1, 0.15) is 0 Å². The molecule has 2 amide bonds. The van der Waals surface area contributed by atoms with E-state index >= 15 is 0 Å². The maximum atomic E-state index is 13.7. The molecule has 0 aliphatic rings. The van der Waals surface area contributed by atoms with Crippen LogP contribution >= 0.6 is 0 Å². The Morgan fingerprint density at radius 3 is 2.33 bits per heavy atom. The Kier molecular flexibility index (Phi) is 6.07. The fourth-order valence-corrected chi connectivity index (χ4v) is 3.55. The molecular weight excluding hydrogens is 471 g/mol. The lowest BCUT2D eigenvalue weighted by molar-refractivity contribution is -0.137. The second-order valence-electron chi connectivity index (χ2n) is 9.50. The number of benzene rings is 2. The smallest absolute Gasteiger partial charge is 0.366 e. The van der Waals surface area contributed by atoms with E-state index in [1.54, 1.807) is 18.3 Å². The Morgan fingerprint density at radius 2 is 1.69 bits per heavy atom. The monoisotopic (exact) mass is 495 g/mol. The molecule has 0 bridgehead atoms. The highest BCUT2D eigenvalue weighted by Gasteiger charge is 2.35. The van der Waals surface area contributed by atoms with Crippen molar-refractivity contribution in [3.8, 4) is 22.5 Å². The van der Waals surface area contributed by atoms with Crippen LogP contribution in [0.4, 0.5) is 18.9 Å². The molecule has 10 heteroatoms. The largest absolute Gasteiger partial charge is 0.417 e. The summed E-state index contributed by atoms with van der Waals surface area (Å²) >= 11 is 0. The van der Waals surface area contributed by atoms with Crippen molar-refractivity contribution in [1.29, 1.82) is 0 Å². The van der Waals surface area contributed by atoms with Gasteiger partial charge in [0.15, 0.2) is 5.65 Å². The highest BCUT2D eigenvalue weighted by atomic mass is 19.4. The number of halogens is 3. The summed E-state index contributed by atoms with van der Waals surface area (Å²) in [6, 6.07) is 11.6. The first-order valence-electron chi connectivity index (χ1n) is 11.0. The third-order valence-corrected chi connectivity index (χ3v) is 5.67. The van der Waals surface area contributed by atoms with E-state index in [9.17, 15) is 22.8 Å². The highest BCUT2D eigenvalue weighted by Crippen LogP contribution is 2.37. The van der Waals surface area contributed by atoms with Crippen molar-refractivity contribution >= 4 is 23.1 Å². The molecule has 0 aliphatic carbocycles. The predicted molar refractivity (Wildman–Crippen MR) is 130 cm³/mol. The van der Waals surface area contributed by atoms with Gasteiger partial charge in [0, 0.05) is 27.8 Å². The number of nitrogens with zero attached hydrogens (tertiary/aromatic N) is 3. The molecule has 0 radical (unpaired) electrons. The lowest BCUT2D eigenvalue weighted by Crippen LogP contribution is -2.27. The van der Waals surface area contributed by atoms with E-state index in [4.69, 9.17) is 5.73 Å². The molecule has 0 unspecified atom stereocenters. The van der Waals surface area contributed by atoms with E-state index in [-0.39, 0.29) is 22.7 Å². The van der Waals surface area contributed by atoms with Crippen LogP contribution in [0, 0.1) is 12.3 Å². The SMILES string of the molecule is Cc1ccc(-c2cn3nc(-c4ccc(C(N)=O)cc4C(F)(F)F)ccc3n2)cc1NC(=O)C(C)(C)C. The summed E-state index contributed by atoms with van der Waals surface area (Å²) in [5.74, 6) is -1.09. The number of imidazole rings is 1. The Hall–Kier alpha value is -4.21. The second-order valence-corrected chi connectivity index (χ2v) is 9.50. The van der Waals surface area contributed by atoms with Gasteiger partial charge in [-0.05, 0) is 42.8 Å². The second kappa shape index (κ2) is 8.78. The molecule has 4 aromatic rings. The molecule has 0 fully saturated rings. The van der Waals surface area contributed by atoms with E-state index in [1.807, 2.05) is 39.8 Å². The van der Waals surface area contributed by atoms with Crippen molar-refractivity contribution in [2.75, 3.05) is 5.32 Å². The minimum absolute atomic E-state index is 0.0526. The number of anilines is 1. The standard InChI is InChI=1S/C26H24F3N5O2/c1-14-5-6-15(12-20(14)32-24(36)25(2,3)4)21-13-34-22(31-21)10-9-19(33-34)17-8-7-16(23(30)35)11-18(17)26(27,28)29/h5-13H,1-4H3,(H2,30,35)(H,32,36). The normalized spacial score (nSPS) is 12.1. The van der Waals surface area contributed by atoms with Crippen molar-refractivity contribution in [3.63, 3.8) is 0 Å². The van der Waals surface area contributed by atoms with Gasteiger partial charge in [-0.2, -0.15) is 18.3 Å². The molecule has 0 saturated heterocycles. The number of hydrogen-bond donors (Lipinski definition) is 2. The fourth-order valence-electron chi connectivity index (χ4n) is 3.55. The first-order chi connectivity index (χ1) is 16.7. The number of aryl methyl sites for hydroxylation is 1. The molecule has 186 valence electrons. The van der Waals surface area contributed by atoms with Crippen LogP contribution in [0.1, 0.15) is 42.3 Å². The summed E-state index contributed by atoms with van der Waals surface area (Å²) < 4.78 is 42.6. The van der Waals surface area contributed by atoms with Crippen molar-refractivity contribution in [2.24, 2.45) is 11.1 Å². The van der Waals surface area contributed by atoms with Crippen molar-refractivity contribution in [2.45, 2.75) is 33.9 Å². The lowest BCUT2D eigenvalue weighted by Gasteiger charge is -2.19. The molecule has 0 spiro atoms. The molecule has 2 aromatic carbocycles. The van der Waals surface area contributed by atoms with E-state index in [2.05, 4.69) is 15.4 Å². The van der Waals surface area contributed by atoms with Crippen LogP contribution in [0.3, 0.4) is 0 Å². The average molecular weight is 496 g/mol. The summed E-state index contributed by atoms with van der Waals surface area (Å²) in [4.78, 5) is 28.4. The summed E-state index contributed by atoms with van der Waals surface area (Å²) in [6.07, 6.45) is -3.11. The van der Waals surface area contributed by atoms with Gasteiger partial charge in [0.05, 0.1) is 23.1 Å². The molecule has 3 N–H and O–H groups in total. The summed E-state index contributed by atoms with van der Waals surface area (Å²) in [5.41, 5.74) is 6.38. The zero-order valence-corrected chi connectivity index (χ0v) is 20.1. The van der Waals surface area contributed by atoms with Crippen LogP contribution in [0.5, 0.6) is 0 Å². The minimum Gasteiger partial charge on any atom is -0.366 e. The predicted octanol–water partition coefficient (Wildman–Crippen LogP) is 5.47. The van der Waals surface area contributed by atoms with Crippen LogP contribution in [-0.4, -0.2) is 26.4 Å². The molecule has 0 aliphatic heterocycles. The number of alkyl halides is 3. The molecular formula is C26H24F3N5O2. The van der Waals surface area contributed by atoms with Crippen LogP contribution in [0.15, 0.2) is 54.7 Å². The van der Waals surface area contributed by atoms with Crippen LogP contribution in [-0.2, 0) is 11.0 Å². The summed E-state index contributed by atoms with van der Waals surface area (Å²) in [7, 11) is 0. The Bertz CT molecular complexity index is 1500. The van der Waals surface area contributed by atoms with Crippen molar-refractivity contribution in [3.05, 3.63) is 71.4 Å². The summed E-state index contributed by atoms with van der Waals surface area (Å²) in [6.45, 7) is 7.33. The number of primary amides is 1. The maximum absolute atomic E-state index is 13.7. The number of carbonyl (C=O) groups excluding carboxylic acids is 2. The van der Waals surface area contributed by atoms with Crippen LogP contribution in [0.2, 0.25) is 0 Å². The van der Waals surface area contributed by atoms with Crippen molar-refractivity contribution < 1.29 is 22.8 Å². The van der Waals surface area contributed by atoms with Gasteiger partial charge in [-0.1, -0.05) is 39.0 Å². The number of nitrogens with two attached hydrogens (primary N) is 1. The number of rotatable bonds is 4. The molecule has 7 nitrogen and oxygen atoms in total. The average Bonchev–Trinajstić information content (AvgIpc) is 3.22. The first kappa shape index (κ1) is 24.9. The van der Waals surface area contributed by atoms with Crippen LogP contribution < -0.4 is 11.1 Å². The first-order valence-corrected chi connectivity index (χ1v) is 11.0. The number of amides is 2. The number of carbonyl (C=O) groups is 2. The van der Waals surface area contributed by atoms with Gasteiger partial charge >= 0.3 is 6.18 Å². The van der Waals surface area contributed by atoms with Gasteiger partial charge in [-0.25, -0.2) is 9.50 Å². The molecule has 0 saturated carbocycles. The molecule has 4 rings (SSSR count). The number of hydrogen-bond acceptors (Lipinski definition) is 4.